The molecule has 0 radical (unpaired) electrons. The van der Waals surface area contributed by atoms with Crippen LogP contribution in [0.1, 0.15) is 22.4 Å². The predicted molar refractivity (Wildman–Crippen MR) is 98.0 cm³/mol. The number of carbonyl (C=O) groups excluding carboxylic acids is 1. The lowest BCUT2D eigenvalue weighted by atomic mass is 10.1. The zero-order valence-corrected chi connectivity index (χ0v) is 15.2. The highest BCUT2D eigenvalue weighted by molar-refractivity contribution is 5.93. The highest BCUT2D eigenvalue weighted by Gasteiger charge is 2.15. The lowest BCUT2D eigenvalue weighted by Crippen LogP contribution is -2.21. The van der Waals surface area contributed by atoms with Crippen molar-refractivity contribution < 1.29 is 9.53 Å². The molecule has 0 fully saturated rings. The van der Waals surface area contributed by atoms with Crippen LogP contribution in [0, 0.1) is 27.7 Å². The molecular formula is C19H22N4O2. The second-order valence-corrected chi connectivity index (χ2v) is 6.36. The molecule has 1 aromatic carbocycles. The first kappa shape index (κ1) is 17.0. The van der Waals surface area contributed by atoms with E-state index in [0.29, 0.717) is 5.88 Å². The van der Waals surface area contributed by atoms with Gasteiger partial charge in [0.05, 0.1) is 5.39 Å². The molecule has 1 N–H and O–H groups in total. The minimum Gasteiger partial charge on any atom is -0.466 e. The largest absolute Gasteiger partial charge is 0.466 e. The van der Waals surface area contributed by atoms with E-state index in [1.54, 1.807) is 4.68 Å². The van der Waals surface area contributed by atoms with Crippen molar-refractivity contribution in [2.75, 3.05) is 11.9 Å². The van der Waals surface area contributed by atoms with Crippen LogP contribution in [-0.2, 0) is 11.8 Å². The van der Waals surface area contributed by atoms with Crippen LogP contribution in [0.15, 0.2) is 24.3 Å². The number of ether oxygens (including phenoxy) is 1. The molecule has 6 nitrogen and oxygen atoms in total. The second kappa shape index (κ2) is 6.55. The fraction of sp³-hybridized carbons (Fsp3) is 0.316. The van der Waals surface area contributed by atoms with Crippen LogP contribution in [0.3, 0.4) is 0 Å². The lowest BCUT2D eigenvalue weighted by Gasteiger charge is -2.09. The highest BCUT2D eigenvalue weighted by Crippen LogP contribution is 2.27. The van der Waals surface area contributed by atoms with Gasteiger partial charge >= 0.3 is 0 Å². The molecule has 0 atom stereocenters. The van der Waals surface area contributed by atoms with Crippen molar-refractivity contribution in [1.82, 2.24) is 14.8 Å². The zero-order valence-electron chi connectivity index (χ0n) is 15.2. The summed E-state index contributed by atoms with van der Waals surface area (Å²) in [6.45, 7) is 7.81. The molecule has 0 aliphatic heterocycles. The summed E-state index contributed by atoms with van der Waals surface area (Å²) in [5.74, 6) is 0.210. The summed E-state index contributed by atoms with van der Waals surface area (Å²) in [6.07, 6.45) is 0. The Morgan fingerprint density at radius 3 is 2.64 bits per heavy atom. The van der Waals surface area contributed by atoms with Gasteiger partial charge in [0, 0.05) is 18.4 Å². The molecule has 25 heavy (non-hydrogen) atoms. The van der Waals surface area contributed by atoms with Gasteiger partial charge in [-0.3, -0.25) is 4.79 Å². The maximum Gasteiger partial charge on any atom is 0.262 e. The number of benzene rings is 1. The number of pyridine rings is 1. The fourth-order valence-corrected chi connectivity index (χ4v) is 2.92. The molecule has 0 saturated carbocycles. The molecule has 0 unspecified atom stereocenters. The third-order valence-electron chi connectivity index (χ3n) is 4.08. The smallest absolute Gasteiger partial charge is 0.262 e. The third kappa shape index (κ3) is 3.47. The second-order valence-electron chi connectivity index (χ2n) is 6.36. The van der Waals surface area contributed by atoms with Crippen molar-refractivity contribution in [2.45, 2.75) is 27.7 Å². The van der Waals surface area contributed by atoms with Gasteiger partial charge in [-0.05, 0) is 51.0 Å². The van der Waals surface area contributed by atoms with Crippen LogP contribution < -0.4 is 10.1 Å². The zero-order chi connectivity index (χ0) is 18.1. The molecule has 130 valence electrons. The Balaban J connectivity index is 1.75. The van der Waals surface area contributed by atoms with E-state index in [1.165, 1.54) is 0 Å². The highest BCUT2D eigenvalue weighted by atomic mass is 16.5. The molecule has 0 aliphatic rings. The number of rotatable bonds is 4. The first-order valence-electron chi connectivity index (χ1n) is 8.16. The van der Waals surface area contributed by atoms with Crippen molar-refractivity contribution in [3.63, 3.8) is 0 Å². The van der Waals surface area contributed by atoms with E-state index in [-0.39, 0.29) is 12.5 Å². The van der Waals surface area contributed by atoms with Gasteiger partial charge in [-0.1, -0.05) is 17.7 Å². The SMILES string of the molecule is Cc1ccc(NC(=O)COc2nn(C)c3nc(C)cc(C)c23)c(C)c1. The number of anilines is 1. The van der Waals surface area contributed by atoms with Gasteiger partial charge in [-0.25, -0.2) is 9.67 Å². The minimum absolute atomic E-state index is 0.104. The monoisotopic (exact) mass is 338 g/mol. The van der Waals surface area contributed by atoms with Crippen LogP contribution in [0.2, 0.25) is 0 Å². The Hall–Kier alpha value is -2.89. The molecular weight excluding hydrogens is 316 g/mol. The van der Waals surface area contributed by atoms with Crippen LogP contribution >= 0.6 is 0 Å². The average Bonchev–Trinajstić information content (AvgIpc) is 2.84. The van der Waals surface area contributed by atoms with Gasteiger partial charge in [0.2, 0.25) is 5.88 Å². The molecule has 3 aromatic rings. The maximum atomic E-state index is 12.2. The summed E-state index contributed by atoms with van der Waals surface area (Å²) < 4.78 is 7.35. The average molecular weight is 338 g/mol. The summed E-state index contributed by atoms with van der Waals surface area (Å²) in [6, 6.07) is 7.87. The summed E-state index contributed by atoms with van der Waals surface area (Å²) >= 11 is 0. The van der Waals surface area contributed by atoms with Crippen LogP contribution in [-0.4, -0.2) is 27.3 Å². The Bertz CT molecular complexity index is 960. The number of nitrogens with one attached hydrogen (secondary N) is 1. The maximum absolute atomic E-state index is 12.2. The molecule has 1 amide bonds. The van der Waals surface area contributed by atoms with Gasteiger partial charge in [-0.15, -0.1) is 5.10 Å². The number of aromatic nitrogens is 3. The Morgan fingerprint density at radius 1 is 1.16 bits per heavy atom. The number of aryl methyl sites for hydroxylation is 5. The van der Waals surface area contributed by atoms with Gasteiger partial charge < -0.3 is 10.1 Å². The van der Waals surface area contributed by atoms with E-state index in [2.05, 4.69) is 15.4 Å². The Morgan fingerprint density at radius 2 is 1.92 bits per heavy atom. The summed E-state index contributed by atoms with van der Waals surface area (Å²) in [5, 5.41) is 8.06. The van der Waals surface area contributed by atoms with Crippen molar-refractivity contribution in [1.29, 1.82) is 0 Å². The van der Waals surface area contributed by atoms with E-state index < -0.39 is 0 Å². The predicted octanol–water partition coefficient (Wildman–Crippen LogP) is 3.22. The van der Waals surface area contributed by atoms with Crippen LogP contribution in [0.4, 0.5) is 5.69 Å². The number of hydrogen-bond acceptors (Lipinski definition) is 4. The number of fused-ring (bicyclic) bond motifs is 1. The van der Waals surface area contributed by atoms with Crippen LogP contribution in [0.25, 0.3) is 11.0 Å². The standard InChI is InChI=1S/C19H22N4O2/c1-11-6-7-15(12(2)8-11)21-16(24)10-25-19-17-13(3)9-14(4)20-18(17)23(5)22-19/h6-9H,10H2,1-5H3,(H,21,24). The van der Waals surface area contributed by atoms with E-state index in [0.717, 1.165) is 39.1 Å². The molecule has 0 saturated heterocycles. The minimum atomic E-state index is -0.219. The number of hydrogen-bond donors (Lipinski definition) is 1. The van der Waals surface area contributed by atoms with E-state index in [9.17, 15) is 4.79 Å². The van der Waals surface area contributed by atoms with Crippen LogP contribution in [0.5, 0.6) is 5.88 Å². The molecule has 6 heteroatoms. The molecule has 0 bridgehead atoms. The first-order chi connectivity index (χ1) is 11.8. The molecule has 2 heterocycles. The summed E-state index contributed by atoms with van der Waals surface area (Å²) in [4.78, 5) is 16.7. The normalized spacial score (nSPS) is 10.9. The fourth-order valence-electron chi connectivity index (χ4n) is 2.92. The Labute approximate surface area is 146 Å². The van der Waals surface area contributed by atoms with Gasteiger partial charge in [0.25, 0.3) is 5.91 Å². The molecule has 3 rings (SSSR count). The lowest BCUT2D eigenvalue weighted by molar-refractivity contribution is -0.118. The van der Waals surface area contributed by atoms with Crippen molar-refractivity contribution in [3.05, 3.63) is 46.6 Å². The summed E-state index contributed by atoms with van der Waals surface area (Å²) in [7, 11) is 1.82. The summed E-state index contributed by atoms with van der Waals surface area (Å²) in [5.41, 5.74) is 5.67. The molecule has 0 aliphatic carbocycles. The van der Waals surface area contributed by atoms with Crippen molar-refractivity contribution >= 4 is 22.6 Å². The number of amides is 1. The Kier molecular flexibility index (Phi) is 4.44. The van der Waals surface area contributed by atoms with E-state index in [1.807, 2.05) is 59.0 Å². The van der Waals surface area contributed by atoms with Crippen molar-refractivity contribution in [2.24, 2.45) is 7.05 Å². The van der Waals surface area contributed by atoms with Gasteiger partial charge in [0.15, 0.2) is 12.3 Å². The van der Waals surface area contributed by atoms with Gasteiger partial charge in [0.1, 0.15) is 0 Å². The first-order valence-corrected chi connectivity index (χ1v) is 8.16. The van der Waals surface area contributed by atoms with E-state index in [4.69, 9.17) is 4.74 Å². The molecule has 0 spiro atoms. The number of nitrogens with zero attached hydrogens (tertiary/aromatic N) is 3. The quantitative estimate of drug-likeness (QED) is 0.793. The number of carbonyl (C=O) groups is 1. The third-order valence-corrected chi connectivity index (χ3v) is 4.08. The van der Waals surface area contributed by atoms with Gasteiger partial charge in [-0.2, -0.15) is 0 Å². The topological polar surface area (TPSA) is 69.0 Å². The van der Waals surface area contributed by atoms with Crippen molar-refractivity contribution in [3.8, 4) is 5.88 Å². The van der Waals surface area contributed by atoms with E-state index >= 15 is 0 Å². The molecule has 2 aromatic heterocycles.